The van der Waals surface area contributed by atoms with Crippen molar-refractivity contribution in [1.29, 1.82) is 0 Å². The summed E-state index contributed by atoms with van der Waals surface area (Å²) in [5.74, 6) is -0.454. The molecule has 1 N–H and O–H groups in total. The molecular formula is C15H21N3O4. The summed E-state index contributed by atoms with van der Waals surface area (Å²) < 4.78 is 11.6. The van der Waals surface area contributed by atoms with E-state index in [1.165, 1.54) is 4.57 Å². The molecule has 0 fully saturated rings. The number of nitrogens with one attached hydrogen (secondary N) is 1. The van der Waals surface area contributed by atoms with E-state index in [4.69, 9.17) is 9.47 Å². The lowest BCUT2D eigenvalue weighted by molar-refractivity contribution is -0.143. The zero-order valence-corrected chi connectivity index (χ0v) is 12.9. The van der Waals surface area contributed by atoms with E-state index in [0.29, 0.717) is 18.9 Å². The van der Waals surface area contributed by atoms with Crippen molar-refractivity contribution < 1.29 is 14.3 Å². The SMILES string of the molecule is CCCCOCc1cc2cn(CC(=O)OCC)c(=O)nc2[nH]1. The van der Waals surface area contributed by atoms with Crippen LogP contribution in [-0.4, -0.2) is 33.7 Å². The predicted octanol–water partition coefficient (Wildman–Crippen LogP) is 1.60. The summed E-state index contributed by atoms with van der Waals surface area (Å²) in [6.45, 7) is 5.13. The van der Waals surface area contributed by atoms with Crippen LogP contribution in [0.25, 0.3) is 11.0 Å². The van der Waals surface area contributed by atoms with E-state index < -0.39 is 11.7 Å². The van der Waals surface area contributed by atoms with Gasteiger partial charge in [-0.25, -0.2) is 4.79 Å². The molecule has 2 aromatic rings. The largest absolute Gasteiger partial charge is 0.465 e. The molecule has 22 heavy (non-hydrogen) atoms. The van der Waals surface area contributed by atoms with Gasteiger partial charge in [-0.3, -0.25) is 9.36 Å². The molecule has 2 rings (SSSR count). The van der Waals surface area contributed by atoms with E-state index in [-0.39, 0.29) is 13.2 Å². The molecule has 2 aromatic heterocycles. The maximum Gasteiger partial charge on any atom is 0.350 e. The predicted molar refractivity (Wildman–Crippen MR) is 81.6 cm³/mol. The van der Waals surface area contributed by atoms with Crippen LogP contribution in [0, 0.1) is 0 Å². The van der Waals surface area contributed by atoms with E-state index >= 15 is 0 Å². The first-order chi connectivity index (χ1) is 10.6. The van der Waals surface area contributed by atoms with Gasteiger partial charge < -0.3 is 14.5 Å². The van der Waals surface area contributed by atoms with Crippen LogP contribution in [0.2, 0.25) is 0 Å². The van der Waals surface area contributed by atoms with E-state index in [9.17, 15) is 9.59 Å². The normalized spacial score (nSPS) is 11.0. The molecule has 0 spiro atoms. The Morgan fingerprint density at radius 1 is 1.41 bits per heavy atom. The molecule has 120 valence electrons. The quantitative estimate of drug-likeness (QED) is 0.591. The zero-order chi connectivity index (χ0) is 15.9. The minimum absolute atomic E-state index is 0.136. The van der Waals surface area contributed by atoms with Crippen molar-refractivity contribution in [1.82, 2.24) is 14.5 Å². The number of hydrogen-bond donors (Lipinski definition) is 1. The van der Waals surface area contributed by atoms with Crippen molar-refractivity contribution in [3.05, 3.63) is 28.4 Å². The third-order valence-corrected chi connectivity index (χ3v) is 3.13. The molecule has 7 nitrogen and oxygen atoms in total. The van der Waals surface area contributed by atoms with Crippen LogP contribution >= 0.6 is 0 Å². The standard InChI is InChI=1S/C15H21N3O4/c1-3-5-6-21-10-12-7-11-8-18(9-13(19)22-4-2)15(20)17-14(11)16-12/h7-8H,3-6,9-10H2,1-2H3,(H,16,17,20). The number of esters is 1. The molecule has 2 heterocycles. The minimum Gasteiger partial charge on any atom is -0.465 e. The maximum absolute atomic E-state index is 11.9. The Labute approximate surface area is 128 Å². The Bertz CT molecular complexity index is 690. The second-order valence-electron chi connectivity index (χ2n) is 4.96. The average Bonchev–Trinajstić information content (AvgIpc) is 2.86. The maximum atomic E-state index is 11.9. The van der Waals surface area contributed by atoms with Crippen LogP contribution in [0.3, 0.4) is 0 Å². The van der Waals surface area contributed by atoms with Crippen molar-refractivity contribution in [2.45, 2.75) is 39.8 Å². The molecule has 0 saturated carbocycles. The van der Waals surface area contributed by atoms with E-state index in [1.54, 1.807) is 13.1 Å². The van der Waals surface area contributed by atoms with Crippen LogP contribution in [0.4, 0.5) is 0 Å². The number of ether oxygens (including phenoxy) is 2. The highest BCUT2D eigenvalue weighted by Crippen LogP contribution is 2.12. The molecular weight excluding hydrogens is 286 g/mol. The van der Waals surface area contributed by atoms with Crippen LogP contribution in [0.15, 0.2) is 17.1 Å². The third-order valence-electron chi connectivity index (χ3n) is 3.13. The summed E-state index contributed by atoms with van der Waals surface area (Å²) in [7, 11) is 0. The van der Waals surface area contributed by atoms with Gasteiger partial charge in [-0.2, -0.15) is 4.98 Å². The number of carbonyl (C=O) groups is 1. The second kappa shape index (κ2) is 7.74. The molecule has 0 bridgehead atoms. The Morgan fingerprint density at radius 3 is 2.95 bits per heavy atom. The second-order valence-corrected chi connectivity index (χ2v) is 4.96. The van der Waals surface area contributed by atoms with Gasteiger partial charge in [-0.05, 0) is 19.4 Å². The lowest BCUT2D eigenvalue weighted by Crippen LogP contribution is -2.26. The molecule has 0 radical (unpaired) electrons. The number of nitrogens with zero attached hydrogens (tertiary/aromatic N) is 2. The van der Waals surface area contributed by atoms with Gasteiger partial charge >= 0.3 is 11.7 Å². The van der Waals surface area contributed by atoms with E-state index in [1.807, 2.05) is 6.07 Å². The van der Waals surface area contributed by atoms with Gasteiger partial charge in [0.15, 0.2) is 0 Å². The highest BCUT2D eigenvalue weighted by molar-refractivity contribution is 5.76. The fourth-order valence-electron chi connectivity index (χ4n) is 2.06. The highest BCUT2D eigenvalue weighted by atomic mass is 16.5. The minimum atomic E-state index is -0.485. The lowest BCUT2D eigenvalue weighted by atomic mass is 10.3. The molecule has 0 amide bonds. The first kappa shape index (κ1) is 16.2. The first-order valence-corrected chi connectivity index (χ1v) is 7.46. The van der Waals surface area contributed by atoms with Crippen LogP contribution in [0.5, 0.6) is 0 Å². The molecule has 0 unspecified atom stereocenters. The van der Waals surface area contributed by atoms with E-state index in [2.05, 4.69) is 16.9 Å². The number of hydrogen-bond acceptors (Lipinski definition) is 5. The van der Waals surface area contributed by atoms with Gasteiger partial charge in [0.25, 0.3) is 0 Å². The van der Waals surface area contributed by atoms with Crippen LogP contribution < -0.4 is 5.69 Å². The molecule has 0 aliphatic rings. The topological polar surface area (TPSA) is 86.2 Å². The van der Waals surface area contributed by atoms with Gasteiger partial charge in [0, 0.05) is 23.9 Å². The van der Waals surface area contributed by atoms with Crippen molar-refractivity contribution >= 4 is 17.0 Å². The number of carbonyl (C=O) groups excluding carboxylic acids is 1. The van der Waals surface area contributed by atoms with Crippen molar-refractivity contribution in [3.63, 3.8) is 0 Å². The number of rotatable bonds is 8. The molecule has 0 saturated heterocycles. The number of H-pyrrole nitrogens is 1. The van der Waals surface area contributed by atoms with Crippen LogP contribution in [-0.2, 0) is 27.4 Å². The Balaban J connectivity index is 2.12. The fraction of sp³-hybridized carbons (Fsp3) is 0.533. The Morgan fingerprint density at radius 2 is 2.23 bits per heavy atom. The smallest absolute Gasteiger partial charge is 0.350 e. The first-order valence-electron chi connectivity index (χ1n) is 7.46. The number of aromatic amines is 1. The number of unbranched alkanes of at least 4 members (excludes halogenated alkanes) is 1. The van der Waals surface area contributed by atoms with Gasteiger partial charge in [-0.15, -0.1) is 0 Å². The fourth-order valence-corrected chi connectivity index (χ4v) is 2.06. The van der Waals surface area contributed by atoms with Crippen molar-refractivity contribution in [3.8, 4) is 0 Å². The Hall–Kier alpha value is -2.15. The monoisotopic (exact) mass is 307 g/mol. The summed E-state index contributed by atoms with van der Waals surface area (Å²) in [5.41, 5.74) is 0.868. The van der Waals surface area contributed by atoms with Gasteiger partial charge in [0.05, 0.1) is 13.2 Å². The van der Waals surface area contributed by atoms with Gasteiger partial charge in [-0.1, -0.05) is 13.3 Å². The average molecular weight is 307 g/mol. The summed E-state index contributed by atoms with van der Waals surface area (Å²) in [4.78, 5) is 30.3. The van der Waals surface area contributed by atoms with Crippen molar-refractivity contribution in [2.24, 2.45) is 0 Å². The zero-order valence-electron chi connectivity index (χ0n) is 12.9. The summed E-state index contributed by atoms with van der Waals surface area (Å²) >= 11 is 0. The molecule has 0 aromatic carbocycles. The lowest BCUT2D eigenvalue weighted by Gasteiger charge is -2.04. The Kier molecular flexibility index (Phi) is 5.71. The van der Waals surface area contributed by atoms with Gasteiger partial charge in [0.1, 0.15) is 12.2 Å². The third kappa shape index (κ3) is 4.17. The molecule has 7 heteroatoms. The summed E-state index contributed by atoms with van der Waals surface area (Å²) in [6.07, 6.45) is 3.71. The van der Waals surface area contributed by atoms with Crippen molar-refractivity contribution in [2.75, 3.05) is 13.2 Å². The van der Waals surface area contributed by atoms with Crippen LogP contribution in [0.1, 0.15) is 32.4 Å². The summed E-state index contributed by atoms with van der Waals surface area (Å²) in [5, 5.41) is 0.762. The highest BCUT2D eigenvalue weighted by Gasteiger charge is 2.09. The number of aromatic nitrogens is 3. The molecule has 0 atom stereocenters. The van der Waals surface area contributed by atoms with E-state index in [0.717, 1.165) is 23.9 Å². The van der Waals surface area contributed by atoms with Gasteiger partial charge in [0.2, 0.25) is 0 Å². The summed E-state index contributed by atoms with van der Waals surface area (Å²) in [6, 6.07) is 1.87. The molecule has 0 aliphatic carbocycles. The number of fused-ring (bicyclic) bond motifs is 1. The molecule has 0 aliphatic heterocycles.